The second-order valence-electron chi connectivity index (χ2n) is 7.49. The summed E-state index contributed by atoms with van der Waals surface area (Å²) < 4.78 is 1.95. The Labute approximate surface area is 185 Å². The molecule has 0 aliphatic rings. The van der Waals surface area contributed by atoms with E-state index in [-0.39, 0.29) is 5.78 Å². The third kappa shape index (κ3) is 3.86. The van der Waals surface area contributed by atoms with Crippen LogP contribution in [0.25, 0.3) is 28.2 Å². The standard InChI is InChI=1S/C26H21N5O/c1-18(32)20-11-8-12-21(15-20)24-29-25(27-16-19-9-4-2-5-10-19)23-26(30-24)31(17-28-23)22-13-6-3-7-14-22/h2-15,17H,16H2,1H3,(H,27,29,30). The van der Waals surface area contributed by atoms with Crippen molar-refractivity contribution in [3.63, 3.8) is 0 Å². The van der Waals surface area contributed by atoms with Crippen LogP contribution < -0.4 is 5.32 Å². The van der Waals surface area contributed by atoms with Gasteiger partial charge in [0.15, 0.2) is 28.6 Å². The van der Waals surface area contributed by atoms with Crippen LogP contribution in [0.1, 0.15) is 22.8 Å². The number of ketones is 1. The van der Waals surface area contributed by atoms with Gasteiger partial charge in [0.2, 0.25) is 0 Å². The maximum absolute atomic E-state index is 11.9. The molecule has 0 unspecified atom stereocenters. The van der Waals surface area contributed by atoms with Gasteiger partial charge in [-0.2, -0.15) is 0 Å². The minimum atomic E-state index is 0.00433. The molecule has 5 aromatic rings. The Morgan fingerprint density at radius 2 is 1.66 bits per heavy atom. The van der Waals surface area contributed by atoms with Crippen LogP contribution in [0, 0.1) is 0 Å². The zero-order chi connectivity index (χ0) is 21.9. The summed E-state index contributed by atoms with van der Waals surface area (Å²) in [6.45, 7) is 2.17. The second-order valence-corrected chi connectivity index (χ2v) is 7.49. The first kappa shape index (κ1) is 19.6. The van der Waals surface area contributed by atoms with Crippen LogP contribution in [0.2, 0.25) is 0 Å². The maximum Gasteiger partial charge on any atom is 0.170 e. The van der Waals surface area contributed by atoms with Gasteiger partial charge < -0.3 is 5.32 Å². The topological polar surface area (TPSA) is 72.7 Å². The molecule has 156 valence electrons. The molecule has 0 radical (unpaired) electrons. The summed E-state index contributed by atoms with van der Waals surface area (Å²) in [5, 5.41) is 3.42. The summed E-state index contributed by atoms with van der Waals surface area (Å²) in [5.41, 5.74) is 4.90. The van der Waals surface area contributed by atoms with E-state index in [0.717, 1.165) is 16.8 Å². The van der Waals surface area contributed by atoms with Crippen molar-refractivity contribution in [3.8, 4) is 17.1 Å². The highest BCUT2D eigenvalue weighted by atomic mass is 16.1. The van der Waals surface area contributed by atoms with Crippen molar-refractivity contribution in [1.29, 1.82) is 0 Å². The van der Waals surface area contributed by atoms with Crippen LogP contribution in [0.4, 0.5) is 5.82 Å². The smallest absolute Gasteiger partial charge is 0.170 e. The summed E-state index contributed by atoms with van der Waals surface area (Å²) in [7, 11) is 0. The lowest BCUT2D eigenvalue weighted by molar-refractivity contribution is 0.101. The van der Waals surface area contributed by atoms with E-state index >= 15 is 0 Å². The van der Waals surface area contributed by atoms with Crippen molar-refractivity contribution in [2.45, 2.75) is 13.5 Å². The Balaban J connectivity index is 1.65. The van der Waals surface area contributed by atoms with E-state index in [0.29, 0.717) is 34.9 Å². The molecule has 6 heteroatoms. The number of anilines is 1. The number of hydrogen-bond acceptors (Lipinski definition) is 5. The van der Waals surface area contributed by atoms with E-state index in [9.17, 15) is 4.79 Å². The first-order valence-corrected chi connectivity index (χ1v) is 10.4. The van der Waals surface area contributed by atoms with Crippen molar-refractivity contribution in [2.24, 2.45) is 0 Å². The molecule has 0 spiro atoms. The predicted octanol–water partition coefficient (Wildman–Crippen LogP) is 5.30. The molecule has 5 rings (SSSR count). The molecule has 6 nitrogen and oxygen atoms in total. The SMILES string of the molecule is CC(=O)c1cccc(-c2nc(NCc3ccccc3)c3ncn(-c4ccccc4)c3n2)c1. The summed E-state index contributed by atoms with van der Waals surface area (Å²) in [4.78, 5) is 26.1. The van der Waals surface area contributed by atoms with Crippen LogP contribution in [0.3, 0.4) is 0 Å². The first-order valence-electron chi connectivity index (χ1n) is 10.4. The highest BCUT2D eigenvalue weighted by Gasteiger charge is 2.16. The zero-order valence-corrected chi connectivity index (χ0v) is 17.6. The number of aromatic nitrogens is 4. The number of Topliss-reactive ketones (excluding diaryl/α,β-unsaturated/α-hetero) is 1. The van der Waals surface area contributed by atoms with Crippen molar-refractivity contribution in [2.75, 3.05) is 5.32 Å². The molecule has 0 aliphatic heterocycles. The summed E-state index contributed by atoms with van der Waals surface area (Å²) in [5.74, 6) is 1.19. The Kier molecular flexibility index (Phi) is 5.17. The van der Waals surface area contributed by atoms with Crippen molar-refractivity contribution < 1.29 is 4.79 Å². The lowest BCUT2D eigenvalue weighted by Gasteiger charge is -2.10. The highest BCUT2D eigenvalue weighted by molar-refractivity contribution is 5.95. The van der Waals surface area contributed by atoms with Crippen molar-refractivity contribution >= 4 is 22.8 Å². The molecule has 0 amide bonds. The average molecular weight is 419 g/mol. The Morgan fingerprint density at radius 1 is 0.906 bits per heavy atom. The molecule has 0 fully saturated rings. The largest absolute Gasteiger partial charge is 0.364 e. The molecule has 0 saturated carbocycles. The molecule has 1 N–H and O–H groups in total. The number of hydrogen-bond donors (Lipinski definition) is 1. The Morgan fingerprint density at radius 3 is 2.41 bits per heavy atom. The number of carbonyl (C=O) groups excluding carboxylic acids is 1. The van der Waals surface area contributed by atoms with Crippen molar-refractivity contribution in [3.05, 3.63) is 102 Å². The number of carbonyl (C=O) groups is 1. The molecule has 0 aliphatic carbocycles. The number of nitrogens with zero attached hydrogens (tertiary/aromatic N) is 4. The Hall–Kier alpha value is -4.32. The van der Waals surface area contributed by atoms with Gasteiger partial charge in [0.25, 0.3) is 0 Å². The minimum Gasteiger partial charge on any atom is -0.364 e. The van der Waals surface area contributed by atoms with E-state index in [4.69, 9.17) is 9.97 Å². The summed E-state index contributed by atoms with van der Waals surface area (Å²) in [6.07, 6.45) is 1.76. The predicted molar refractivity (Wildman–Crippen MR) is 126 cm³/mol. The van der Waals surface area contributed by atoms with Crippen LogP contribution in [-0.4, -0.2) is 25.3 Å². The van der Waals surface area contributed by atoms with Gasteiger partial charge in [0.1, 0.15) is 6.33 Å². The average Bonchev–Trinajstić information content (AvgIpc) is 3.28. The van der Waals surface area contributed by atoms with Gasteiger partial charge >= 0.3 is 0 Å². The number of benzene rings is 3. The van der Waals surface area contributed by atoms with Gasteiger partial charge in [-0.25, -0.2) is 15.0 Å². The van der Waals surface area contributed by atoms with Gasteiger partial charge in [0.05, 0.1) is 0 Å². The maximum atomic E-state index is 11.9. The van der Waals surface area contributed by atoms with E-state index < -0.39 is 0 Å². The van der Waals surface area contributed by atoms with Crippen molar-refractivity contribution in [1.82, 2.24) is 19.5 Å². The number of nitrogens with one attached hydrogen (secondary N) is 1. The Bertz CT molecular complexity index is 1390. The monoisotopic (exact) mass is 419 g/mol. The molecule has 2 aromatic heterocycles. The van der Waals surface area contributed by atoms with Crippen LogP contribution in [-0.2, 0) is 6.54 Å². The fourth-order valence-corrected chi connectivity index (χ4v) is 3.59. The molecule has 0 bridgehead atoms. The number of rotatable bonds is 6. The molecule has 3 aromatic carbocycles. The van der Waals surface area contributed by atoms with Gasteiger partial charge in [-0.05, 0) is 30.7 Å². The van der Waals surface area contributed by atoms with Crippen LogP contribution in [0.5, 0.6) is 0 Å². The number of fused-ring (bicyclic) bond motifs is 1. The van der Waals surface area contributed by atoms with Gasteiger partial charge in [0, 0.05) is 23.4 Å². The van der Waals surface area contributed by atoms with Gasteiger partial charge in [-0.3, -0.25) is 9.36 Å². The van der Waals surface area contributed by atoms with Crippen LogP contribution >= 0.6 is 0 Å². The normalized spacial score (nSPS) is 10.9. The molecule has 0 atom stereocenters. The third-order valence-corrected chi connectivity index (χ3v) is 5.26. The second kappa shape index (κ2) is 8.43. The fourth-order valence-electron chi connectivity index (χ4n) is 3.59. The third-order valence-electron chi connectivity index (χ3n) is 5.26. The molecule has 0 saturated heterocycles. The number of imidazole rings is 1. The van der Waals surface area contributed by atoms with Crippen LogP contribution in [0.15, 0.2) is 91.3 Å². The zero-order valence-electron chi connectivity index (χ0n) is 17.6. The molecular formula is C26H21N5O. The summed E-state index contributed by atoms with van der Waals surface area (Å²) in [6, 6.07) is 27.5. The lowest BCUT2D eigenvalue weighted by Crippen LogP contribution is -2.05. The fraction of sp³-hybridized carbons (Fsp3) is 0.0769. The first-order chi connectivity index (χ1) is 15.7. The van der Waals surface area contributed by atoms with Gasteiger partial charge in [-0.15, -0.1) is 0 Å². The quantitative estimate of drug-likeness (QED) is 0.378. The van der Waals surface area contributed by atoms with E-state index in [1.54, 1.807) is 19.3 Å². The van der Waals surface area contributed by atoms with E-state index in [1.165, 1.54) is 0 Å². The minimum absolute atomic E-state index is 0.00433. The van der Waals surface area contributed by atoms with Gasteiger partial charge in [-0.1, -0.05) is 66.7 Å². The van der Waals surface area contributed by atoms with E-state index in [1.807, 2.05) is 71.3 Å². The molecule has 32 heavy (non-hydrogen) atoms. The number of para-hydroxylation sites is 1. The highest BCUT2D eigenvalue weighted by Crippen LogP contribution is 2.27. The molecule has 2 heterocycles. The summed E-state index contributed by atoms with van der Waals surface area (Å²) >= 11 is 0. The molecular weight excluding hydrogens is 398 g/mol. The van der Waals surface area contributed by atoms with E-state index in [2.05, 4.69) is 22.4 Å². The lowest BCUT2D eigenvalue weighted by atomic mass is 10.1.